The van der Waals surface area contributed by atoms with Gasteiger partial charge in [-0.1, -0.05) is 6.07 Å². The van der Waals surface area contributed by atoms with E-state index >= 15 is 0 Å². The molecule has 1 saturated carbocycles. The van der Waals surface area contributed by atoms with Crippen molar-refractivity contribution in [2.24, 2.45) is 5.73 Å². The Bertz CT molecular complexity index is 855. The van der Waals surface area contributed by atoms with E-state index < -0.39 is 67.0 Å². The van der Waals surface area contributed by atoms with E-state index in [1.54, 1.807) is 0 Å². The van der Waals surface area contributed by atoms with E-state index in [0.29, 0.717) is 17.7 Å². The highest BCUT2D eigenvalue weighted by atomic mass is 19.4. The molecule has 1 aromatic rings. The SMILES string of the molecule is NC(=O)C1CC(F)(F)CN1C(=O)c1ccc(C2CC2)c(OCC(F)(F)C(F)(F)F)n1. The number of nitrogens with two attached hydrogens (primary N) is 1. The van der Waals surface area contributed by atoms with Gasteiger partial charge in [-0.2, -0.15) is 22.0 Å². The van der Waals surface area contributed by atoms with Gasteiger partial charge in [0, 0.05) is 12.0 Å². The summed E-state index contributed by atoms with van der Waals surface area (Å²) in [6.07, 6.45) is -5.61. The standard InChI is InChI=1S/C17H16F7N3O3/c18-15(19)5-11(12(25)28)27(6-15)14(29)10-4-3-9(8-1-2-8)13(26-10)30-7-16(20,21)17(22,23)24/h3-4,8,11H,1-2,5-7H2,(H2,25,28). The molecule has 2 amide bonds. The number of amides is 2. The van der Waals surface area contributed by atoms with Crippen molar-refractivity contribution >= 4 is 11.8 Å². The summed E-state index contributed by atoms with van der Waals surface area (Å²) in [7, 11) is 0. The van der Waals surface area contributed by atoms with Crippen molar-refractivity contribution in [2.75, 3.05) is 13.2 Å². The Hall–Kier alpha value is -2.60. The van der Waals surface area contributed by atoms with Crippen LogP contribution in [0.3, 0.4) is 0 Å². The lowest BCUT2D eigenvalue weighted by Gasteiger charge is -2.22. The van der Waals surface area contributed by atoms with E-state index in [9.17, 15) is 40.3 Å². The zero-order valence-corrected chi connectivity index (χ0v) is 15.2. The second kappa shape index (κ2) is 7.27. The number of likely N-dealkylation sites (tertiary alicyclic amines) is 1. The first-order chi connectivity index (χ1) is 13.7. The van der Waals surface area contributed by atoms with Crippen LogP contribution in [0.2, 0.25) is 0 Å². The summed E-state index contributed by atoms with van der Waals surface area (Å²) in [5, 5.41) is 0. The van der Waals surface area contributed by atoms with Crippen molar-refractivity contribution < 1.29 is 45.1 Å². The van der Waals surface area contributed by atoms with Gasteiger partial charge in [-0.3, -0.25) is 9.59 Å². The molecule has 2 N–H and O–H groups in total. The molecule has 166 valence electrons. The summed E-state index contributed by atoms with van der Waals surface area (Å²) >= 11 is 0. The maximum atomic E-state index is 13.7. The molecule has 6 nitrogen and oxygen atoms in total. The third kappa shape index (κ3) is 4.43. The number of carbonyl (C=O) groups excluding carboxylic acids is 2. The molecule has 0 radical (unpaired) electrons. The first-order valence-electron chi connectivity index (χ1n) is 8.78. The zero-order valence-electron chi connectivity index (χ0n) is 15.2. The molecule has 0 spiro atoms. The monoisotopic (exact) mass is 443 g/mol. The van der Waals surface area contributed by atoms with Crippen LogP contribution in [0.15, 0.2) is 12.1 Å². The van der Waals surface area contributed by atoms with Crippen LogP contribution < -0.4 is 10.5 Å². The van der Waals surface area contributed by atoms with Crippen molar-refractivity contribution in [3.8, 4) is 5.88 Å². The smallest absolute Gasteiger partial charge is 0.456 e. The van der Waals surface area contributed by atoms with Gasteiger partial charge in [-0.05, 0) is 24.8 Å². The second-order valence-corrected chi connectivity index (χ2v) is 7.27. The Labute approximate surface area is 165 Å². The molecule has 2 aliphatic rings. The average Bonchev–Trinajstić information content (AvgIpc) is 3.41. The topological polar surface area (TPSA) is 85.5 Å². The number of pyridine rings is 1. The number of nitrogens with zero attached hydrogens (tertiary/aromatic N) is 2. The highest BCUT2D eigenvalue weighted by molar-refractivity contribution is 5.96. The number of alkyl halides is 7. The Balaban J connectivity index is 1.87. The van der Waals surface area contributed by atoms with Gasteiger partial charge in [-0.25, -0.2) is 13.8 Å². The van der Waals surface area contributed by atoms with Gasteiger partial charge in [0.1, 0.15) is 11.7 Å². The van der Waals surface area contributed by atoms with Gasteiger partial charge in [0.25, 0.3) is 11.8 Å². The van der Waals surface area contributed by atoms with Crippen molar-refractivity contribution in [1.29, 1.82) is 0 Å². The number of hydrogen-bond donors (Lipinski definition) is 1. The van der Waals surface area contributed by atoms with Crippen LogP contribution >= 0.6 is 0 Å². The molecule has 1 atom stereocenters. The van der Waals surface area contributed by atoms with E-state index in [4.69, 9.17) is 5.73 Å². The quantitative estimate of drug-likeness (QED) is 0.686. The average molecular weight is 443 g/mol. The molecule has 0 aromatic carbocycles. The van der Waals surface area contributed by atoms with E-state index in [1.807, 2.05) is 0 Å². The highest BCUT2D eigenvalue weighted by Gasteiger charge is 2.58. The molecule has 1 aliphatic heterocycles. The normalized spacial score (nSPS) is 21.6. The predicted molar refractivity (Wildman–Crippen MR) is 86.3 cm³/mol. The molecule has 30 heavy (non-hydrogen) atoms. The lowest BCUT2D eigenvalue weighted by molar-refractivity contribution is -0.290. The number of ether oxygens (including phenoxy) is 1. The summed E-state index contributed by atoms with van der Waals surface area (Å²) in [4.78, 5) is 28.2. The van der Waals surface area contributed by atoms with Gasteiger partial charge in [0.05, 0.1) is 6.54 Å². The molecule has 2 heterocycles. The molecule has 0 bridgehead atoms. The van der Waals surface area contributed by atoms with Gasteiger partial charge < -0.3 is 15.4 Å². The second-order valence-electron chi connectivity index (χ2n) is 7.27. The Kier molecular flexibility index (Phi) is 5.35. The van der Waals surface area contributed by atoms with Gasteiger partial charge in [-0.15, -0.1) is 0 Å². The summed E-state index contributed by atoms with van der Waals surface area (Å²) in [6.45, 7) is -3.18. The van der Waals surface area contributed by atoms with E-state index in [1.165, 1.54) is 6.07 Å². The Morgan fingerprint density at radius 3 is 2.37 bits per heavy atom. The number of primary amides is 1. The van der Waals surface area contributed by atoms with Crippen molar-refractivity contribution in [2.45, 2.75) is 49.2 Å². The minimum absolute atomic E-state index is 0.189. The fraction of sp³-hybridized carbons (Fsp3) is 0.588. The molecule has 1 aromatic heterocycles. The number of halogens is 7. The van der Waals surface area contributed by atoms with Crippen molar-refractivity contribution in [3.63, 3.8) is 0 Å². The number of carbonyl (C=O) groups is 2. The van der Waals surface area contributed by atoms with Crippen molar-refractivity contribution in [1.82, 2.24) is 9.88 Å². The van der Waals surface area contributed by atoms with Crippen LogP contribution in [0, 0.1) is 0 Å². The Morgan fingerprint density at radius 2 is 1.83 bits per heavy atom. The van der Waals surface area contributed by atoms with Crippen LogP contribution in [0.5, 0.6) is 5.88 Å². The van der Waals surface area contributed by atoms with E-state index in [0.717, 1.165) is 6.07 Å². The molecule has 1 aliphatic carbocycles. The number of hydrogen-bond acceptors (Lipinski definition) is 4. The number of aromatic nitrogens is 1. The van der Waals surface area contributed by atoms with Crippen LogP contribution in [0.1, 0.15) is 41.2 Å². The molecule has 2 fully saturated rings. The summed E-state index contributed by atoms with van der Waals surface area (Å²) in [5.74, 6) is -11.7. The fourth-order valence-corrected chi connectivity index (χ4v) is 3.06. The molecule has 1 unspecified atom stereocenters. The summed E-state index contributed by atoms with van der Waals surface area (Å²) < 4.78 is 95.5. The minimum Gasteiger partial charge on any atom is -0.471 e. The maximum Gasteiger partial charge on any atom is 0.456 e. The van der Waals surface area contributed by atoms with E-state index in [-0.39, 0.29) is 11.5 Å². The first kappa shape index (κ1) is 22.1. The van der Waals surface area contributed by atoms with Crippen LogP contribution in [-0.2, 0) is 4.79 Å². The predicted octanol–water partition coefficient (Wildman–Crippen LogP) is 2.87. The molecule has 3 rings (SSSR count). The number of rotatable bonds is 6. The maximum absolute atomic E-state index is 13.7. The van der Waals surface area contributed by atoms with Crippen molar-refractivity contribution in [3.05, 3.63) is 23.4 Å². The van der Waals surface area contributed by atoms with Gasteiger partial charge >= 0.3 is 12.1 Å². The summed E-state index contributed by atoms with van der Waals surface area (Å²) in [6, 6.07) is 0.752. The minimum atomic E-state index is -5.85. The third-order valence-corrected chi connectivity index (χ3v) is 4.79. The first-order valence-corrected chi connectivity index (χ1v) is 8.78. The van der Waals surface area contributed by atoms with Gasteiger partial charge in [0.2, 0.25) is 11.8 Å². The molecular formula is C17H16F7N3O3. The third-order valence-electron chi connectivity index (χ3n) is 4.79. The lowest BCUT2D eigenvalue weighted by Crippen LogP contribution is -2.44. The van der Waals surface area contributed by atoms with Crippen LogP contribution in [0.4, 0.5) is 30.7 Å². The zero-order chi connectivity index (χ0) is 22.5. The van der Waals surface area contributed by atoms with Crippen LogP contribution in [0.25, 0.3) is 0 Å². The molecular weight excluding hydrogens is 427 g/mol. The molecule has 1 saturated heterocycles. The largest absolute Gasteiger partial charge is 0.471 e. The van der Waals surface area contributed by atoms with Crippen LogP contribution in [-0.4, -0.2) is 58.9 Å². The Morgan fingerprint density at radius 1 is 1.20 bits per heavy atom. The highest BCUT2D eigenvalue weighted by Crippen LogP contribution is 2.44. The fourth-order valence-electron chi connectivity index (χ4n) is 3.06. The van der Waals surface area contributed by atoms with Gasteiger partial charge in [0.15, 0.2) is 6.61 Å². The van der Waals surface area contributed by atoms with E-state index in [2.05, 4.69) is 9.72 Å². The summed E-state index contributed by atoms with van der Waals surface area (Å²) in [5.41, 5.74) is 4.74. The molecule has 13 heteroatoms. The lowest BCUT2D eigenvalue weighted by atomic mass is 10.1.